The van der Waals surface area contributed by atoms with Crippen molar-refractivity contribution in [3.8, 4) is 0 Å². The Morgan fingerprint density at radius 2 is 0.812 bits per heavy atom. The molecule has 0 spiro atoms. The molecule has 0 amide bonds. The minimum Gasteiger partial charge on any atom is -1.00 e. The molecule has 2 unspecified atom stereocenters. The maximum Gasteiger partial charge on any atom is 1.00 e. The van der Waals surface area contributed by atoms with Gasteiger partial charge in [-0.05, 0) is 25.7 Å². The number of hydrogen-bond donors (Lipinski definition) is 1. The molecule has 0 saturated carbocycles. The summed E-state index contributed by atoms with van der Waals surface area (Å²) in [5.41, 5.74) is 0. The van der Waals surface area contributed by atoms with Crippen molar-refractivity contribution in [1.29, 1.82) is 0 Å². The average Bonchev–Trinajstić information content (AvgIpc) is 3.04. The van der Waals surface area contributed by atoms with E-state index < -0.39 is 12.1 Å². The smallest absolute Gasteiger partial charge is 1.00 e. The molecule has 0 aromatic rings. The molecule has 1 N–H and O–H groups in total. The minimum atomic E-state index is -0.478. The molecule has 0 aliphatic rings. The summed E-state index contributed by atoms with van der Waals surface area (Å²) in [6.07, 6.45) is 37.1. The molecule has 0 fully saturated rings. The Bertz CT molecular complexity index is 663. The van der Waals surface area contributed by atoms with E-state index in [-0.39, 0.29) is 93.9 Å². The molecule has 0 aliphatic carbocycles. The number of carbonyl (C=O) groups is 2. The first-order chi connectivity index (χ1) is 22.5. The SMILES string of the molecule is CCCCCCCCCCCCCCCCC(COCC(=O)OC(CO)CCCCCCCCCCCCCCCC)OC(C)=O.[H-].[H-].[Na+].[Na+]. The summed E-state index contributed by atoms with van der Waals surface area (Å²) in [4.78, 5) is 23.9. The zero-order valence-electron chi connectivity index (χ0n) is 35.0. The van der Waals surface area contributed by atoms with Gasteiger partial charge < -0.3 is 22.2 Å². The van der Waals surface area contributed by atoms with Crippen molar-refractivity contribution >= 4 is 11.9 Å². The third kappa shape index (κ3) is 41.3. The Morgan fingerprint density at radius 3 is 1.12 bits per heavy atom. The number of esters is 2. The molecule has 2 atom stereocenters. The van der Waals surface area contributed by atoms with Crippen molar-refractivity contribution in [2.75, 3.05) is 19.8 Å². The van der Waals surface area contributed by atoms with Crippen LogP contribution in [0.25, 0.3) is 0 Å². The van der Waals surface area contributed by atoms with Crippen molar-refractivity contribution in [2.24, 2.45) is 0 Å². The molecule has 0 heterocycles. The van der Waals surface area contributed by atoms with Crippen LogP contribution in [0.1, 0.15) is 216 Å². The Kier molecular flexibility index (Phi) is 48.8. The van der Waals surface area contributed by atoms with Gasteiger partial charge in [-0.2, -0.15) is 0 Å². The predicted molar refractivity (Wildman–Crippen MR) is 195 cm³/mol. The van der Waals surface area contributed by atoms with E-state index in [0.29, 0.717) is 6.42 Å². The number of hydrogen-bond acceptors (Lipinski definition) is 6. The molecule has 0 saturated heterocycles. The summed E-state index contributed by atoms with van der Waals surface area (Å²) in [7, 11) is 0. The molecular weight excluding hydrogens is 622 g/mol. The second kappa shape index (κ2) is 44.0. The monoisotopic (exact) mass is 703 g/mol. The molecule has 0 aromatic carbocycles. The predicted octanol–water partition coefficient (Wildman–Crippen LogP) is 5.81. The van der Waals surface area contributed by atoms with Crippen LogP contribution in [-0.4, -0.2) is 49.1 Å². The second-order valence-corrected chi connectivity index (χ2v) is 13.8. The van der Waals surface area contributed by atoms with Crippen LogP contribution in [0, 0.1) is 0 Å². The molecule has 0 bridgehead atoms. The van der Waals surface area contributed by atoms with Crippen LogP contribution < -0.4 is 59.1 Å². The van der Waals surface area contributed by atoms with Gasteiger partial charge in [-0.1, -0.05) is 181 Å². The topological polar surface area (TPSA) is 82.1 Å². The molecule has 0 aliphatic heterocycles. The van der Waals surface area contributed by atoms with E-state index in [2.05, 4.69) is 13.8 Å². The van der Waals surface area contributed by atoms with E-state index in [1.54, 1.807) is 0 Å². The standard InChI is InChI=1S/C40H78O6.2Na.2H/c1-4-6-8-10-12-14-16-18-20-22-24-26-28-30-32-38(34-41)46-40(43)36-44-35-39(45-37(3)42)33-31-29-27-25-23-21-19-17-15-13-11-9-7-5-2;;;;/h38-39,41H,4-36H2,1-3H3;;;;/q;2*+1;2*-1. The van der Waals surface area contributed by atoms with Crippen LogP contribution in [0.5, 0.6) is 0 Å². The Morgan fingerprint density at radius 1 is 0.500 bits per heavy atom. The summed E-state index contributed by atoms with van der Waals surface area (Å²) >= 11 is 0. The zero-order valence-corrected chi connectivity index (χ0v) is 37.0. The first-order valence-electron chi connectivity index (χ1n) is 20.1. The van der Waals surface area contributed by atoms with E-state index >= 15 is 0 Å². The van der Waals surface area contributed by atoms with E-state index in [9.17, 15) is 14.7 Å². The fourth-order valence-corrected chi connectivity index (χ4v) is 6.23. The quantitative estimate of drug-likeness (QED) is 0.0500. The van der Waals surface area contributed by atoms with Crippen LogP contribution in [0.2, 0.25) is 0 Å². The first-order valence-corrected chi connectivity index (χ1v) is 20.1. The molecule has 6 nitrogen and oxygen atoms in total. The molecule has 0 aromatic heterocycles. The van der Waals surface area contributed by atoms with Crippen molar-refractivity contribution in [3.05, 3.63) is 0 Å². The van der Waals surface area contributed by atoms with Crippen LogP contribution in [0.15, 0.2) is 0 Å². The Balaban J connectivity index is -0.00000169. The van der Waals surface area contributed by atoms with Crippen LogP contribution >= 0.6 is 0 Å². The maximum atomic E-state index is 12.3. The van der Waals surface area contributed by atoms with Crippen molar-refractivity contribution in [1.82, 2.24) is 0 Å². The molecule has 8 heteroatoms. The summed E-state index contributed by atoms with van der Waals surface area (Å²) in [6, 6.07) is 0. The summed E-state index contributed by atoms with van der Waals surface area (Å²) in [5.74, 6) is -0.794. The van der Waals surface area contributed by atoms with Crippen LogP contribution in [0.4, 0.5) is 0 Å². The number of carbonyl (C=O) groups excluding carboxylic acids is 2. The molecule has 0 radical (unpaired) electrons. The normalized spacial score (nSPS) is 12.2. The first kappa shape index (κ1) is 53.2. The fraction of sp³-hybridized carbons (Fsp3) is 0.950. The van der Waals surface area contributed by atoms with E-state index in [4.69, 9.17) is 14.2 Å². The van der Waals surface area contributed by atoms with Crippen molar-refractivity contribution < 1.29 is 90.9 Å². The van der Waals surface area contributed by atoms with Gasteiger partial charge in [-0.15, -0.1) is 0 Å². The molecule has 0 rings (SSSR count). The fourth-order valence-electron chi connectivity index (χ4n) is 6.23. The van der Waals surface area contributed by atoms with Crippen molar-refractivity contribution in [3.63, 3.8) is 0 Å². The number of aliphatic hydroxyl groups is 1. The van der Waals surface area contributed by atoms with E-state index in [1.807, 2.05) is 0 Å². The Labute approximate surface area is 345 Å². The van der Waals surface area contributed by atoms with E-state index in [0.717, 1.165) is 32.1 Å². The molecule has 278 valence electrons. The average molecular weight is 703 g/mol. The Hall–Kier alpha value is 0.860. The van der Waals surface area contributed by atoms with Gasteiger partial charge in [-0.3, -0.25) is 4.79 Å². The van der Waals surface area contributed by atoms with Crippen molar-refractivity contribution in [2.45, 2.75) is 226 Å². The number of unbranched alkanes of at least 4 members (excludes halogenated alkanes) is 26. The molecular formula is C40H80Na2O6. The minimum absolute atomic E-state index is 0. The third-order valence-electron chi connectivity index (χ3n) is 9.12. The zero-order chi connectivity index (χ0) is 33.8. The second-order valence-electron chi connectivity index (χ2n) is 13.8. The van der Waals surface area contributed by atoms with Gasteiger partial charge in [0, 0.05) is 6.92 Å². The van der Waals surface area contributed by atoms with Gasteiger partial charge in [0.2, 0.25) is 0 Å². The van der Waals surface area contributed by atoms with Gasteiger partial charge in [0.15, 0.2) is 0 Å². The largest absolute Gasteiger partial charge is 1.00 e. The van der Waals surface area contributed by atoms with Crippen LogP contribution in [-0.2, 0) is 23.8 Å². The third-order valence-corrected chi connectivity index (χ3v) is 9.12. The van der Waals surface area contributed by atoms with E-state index in [1.165, 1.54) is 161 Å². The summed E-state index contributed by atoms with van der Waals surface area (Å²) in [6.45, 7) is 5.78. The number of aliphatic hydroxyl groups excluding tert-OH is 1. The summed E-state index contributed by atoms with van der Waals surface area (Å²) < 4.78 is 16.4. The van der Waals surface area contributed by atoms with Gasteiger partial charge in [-0.25, -0.2) is 4.79 Å². The van der Waals surface area contributed by atoms with Gasteiger partial charge in [0.1, 0.15) is 18.8 Å². The van der Waals surface area contributed by atoms with Gasteiger partial charge in [0.05, 0.1) is 13.2 Å². The van der Waals surface area contributed by atoms with Gasteiger partial charge >= 0.3 is 71.1 Å². The van der Waals surface area contributed by atoms with Gasteiger partial charge in [0.25, 0.3) is 0 Å². The number of rotatable bonds is 37. The summed E-state index contributed by atoms with van der Waals surface area (Å²) in [5, 5.41) is 9.67. The maximum absolute atomic E-state index is 12.3. The van der Waals surface area contributed by atoms with Crippen LogP contribution in [0.3, 0.4) is 0 Å². The number of ether oxygens (including phenoxy) is 3. The molecule has 48 heavy (non-hydrogen) atoms.